The van der Waals surface area contributed by atoms with Crippen molar-refractivity contribution in [1.29, 1.82) is 0 Å². The number of rotatable bonds is 41. The number of nitrogens with one attached hydrogen (secondary N) is 1. The van der Waals surface area contributed by atoms with Crippen LogP contribution in [0.2, 0.25) is 0 Å². The first-order valence-corrected chi connectivity index (χ1v) is 22.5. The van der Waals surface area contributed by atoms with E-state index >= 15 is 0 Å². The number of hydrogen-bond donors (Lipinski definition) is 4. The van der Waals surface area contributed by atoms with Gasteiger partial charge in [-0.15, -0.1) is 0 Å². The van der Waals surface area contributed by atoms with Gasteiger partial charge in [-0.3, -0.25) is 4.79 Å². The maximum absolute atomic E-state index is 12.4. The lowest BCUT2D eigenvalue weighted by Gasteiger charge is -2.23. The van der Waals surface area contributed by atoms with Gasteiger partial charge >= 0.3 is 0 Å². The van der Waals surface area contributed by atoms with Crippen molar-refractivity contribution in [3.05, 3.63) is 12.2 Å². The fraction of sp³-hybridized carbons (Fsp3) is 0.933. The molecule has 0 aromatic carbocycles. The molecule has 3 atom stereocenters. The second-order valence-electron chi connectivity index (χ2n) is 15.7. The molecule has 50 heavy (non-hydrogen) atoms. The van der Waals surface area contributed by atoms with Crippen LogP contribution in [0.1, 0.15) is 245 Å². The van der Waals surface area contributed by atoms with Gasteiger partial charge in [0.25, 0.3) is 0 Å². The summed E-state index contributed by atoms with van der Waals surface area (Å²) in [6.07, 6.45) is 47.5. The predicted octanol–water partition coefficient (Wildman–Crippen LogP) is 12.8. The van der Waals surface area contributed by atoms with Crippen molar-refractivity contribution in [1.82, 2.24) is 5.32 Å². The number of allylic oxidation sites excluding steroid dienone is 2. The third-order valence-corrected chi connectivity index (χ3v) is 10.6. The van der Waals surface area contributed by atoms with Crippen molar-refractivity contribution in [2.24, 2.45) is 0 Å². The molecule has 298 valence electrons. The zero-order chi connectivity index (χ0) is 36.6. The number of carbonyl (C=O) groups excluding carboxylic acids is 1. The van der Waals surface area contributed by atoms with Gasteiger partial charge in [-0.25, -0.2) is 0 Å². The number of aliphatic hydroxyl groups is 3. The van der Waals surface area contributed by atoms with Gasteiger partial charge in [0.05, 0.1) is 31.3 Å². The summed E-state index contributed by atoms with van der Waals surface area (Å²) in [5.74, 6) is -0.289. The minimum Gasteiger partial charge on any atom is -0.394 e. The molecule has 0 saturated heterocycles. The summed E-state index contributed by atoms with van der Waals surface area (Å²) in [4.78, 5) is 12.4. The first-order chi connectivity index (χ1) is 24.5. The van der Waals surface area contributed by atoms with E-state index in [-0.39, 0.29) is 18.9 Å². The fourth-order valence-corrected chi connectivity index (χ4v) is 7.11. The maximum atomic E-state index is 12.4. The van der Waals surface area contributed by atoms with Gasteiger partial charge < -0.3 is 20.6 Å². The highest BCUT2D eigenvalue weighted by Crippen LogP contribution is 2.16. The summed E-state index contributed by atoms with van der Waals surface area (Å²) in [5, 5.41) is 33.4. The van der Waals surface area contributed by atoms with Crippen molar-refractivity contribution in [3.8, 4) is 0 Å². The molecule has 0 aliphatic heterocycles. The molecule has 0 aromatic heterocycles. The molecule has 0 spiro atoms. The Morgan fingerprint density at radius 3 is 1.18 bits per heavy atom. The lowest BCUT2D eigenvalue weighted by Crippen LogP contribution is -2.46. The summed E-state index contributed by atoms with van der Waals surface area (Å²) in [7, 11) is 0. The van der Waals surface area contributed by atoms with Crippen molar-refractivity contribution < 1.29 is 20.1 Å². The Hall–Kier alpha value is -0.910. The first-order valence-electron chi connectivity index (χ1n) is 22.5. The number of unbranched alkanes of at least 4 members (excludes halogenated alkanes) is 30. The molecule has 0 saturated carbocycles. The van der Waals surface area contributed by atoms with Crippen LogP contribution in [0.25, 0.3) is 0 Å². The monoisotopic (exact) mass is 708 g/mol. The molecule has 3 unspecified atom stereocenters. The van der Waals surface area contributed by atoms with Crippen LogP contribution in [-0.4, -0.2) is 46.1 Å². The maximum Gasteiger partial charge on any atom is 0.222 e. The molecule has 5 heteroatoms. The Balaban J connectivity index is 3.61. The molecule has 1 amide bonds. The van der Waals surface area contributed by atoms with Gasteiger partial charge in [0.2, 0.25) is 5.91 Å². The molecule has 0 fully saturated rings. The zero-order valence-corrected chi connectivity index (χ0v) is 33.8. The lowest BCUT2D eigenvalue weighted by molar-refractivity contribution is -0.125. The molecule has 0 aliphatic rings. The number of hydrogen-bond acceptors (Lipinski definition) is 4. The number of carbonyl (C=O) groups is 1. The van der Waals surface area contributed by atoms with E-state index in [1.165, 1.54) is 173 Å². The average molecular weight is 708 g/mol. The van der Waals surface area contributed by atoms with Crippen LogP contribution in [0.3, 0.4) is 0 Å². The topological polar surface area (TPSA) is 89.8 Å². The van der Waals surface area contributed by atoms with Gasteiger partial charge in [-0.2, -0.15) is 0 Å². The molecule has 0 heterocycles. The van der Waals surface area contributed by atoms with Gasteiger partial charge in [0, 0.05) is 0 Å². The Morgan fingerprint density at radius 2 is 0.800 bits per heavy atom. The summed E-state index contributed by atoms with van der Waals surface area (Å²) >= 11 is 0. The zero-order valence-electron chi connectivity index (χ0n) is 33.8. The predicted molar refractivity (Wildman–Crippen MR) is 218 cm³/mol. The van der Waals surface area contributed by atoms with Crippen molar-refractivity contribution >= 4 is 5.91 Å². The summed E-state index contributed by atoms with van der Waals surface area (Å²) in [5.41, 5.74) is 0. The van der Waals surface area contributed by atoms with E-state index in [0.717, 1.165) is 38.5 Å². The van der Waals surface area contributed by atoms with Crippen LogP contribution in [0.15, 0.2) is 12.2 Å². The summed E-state index contributed by atoms with van der Waals surface area (Å²) in [6, 6.07) is -0.660. The standard InChI is InChI=1S/C45H89NO4/c1-3-5-7-9-11-13-15-17-19-21-22-23-25-27-29-31-33-35-37-39-44(49)43(41-47)46-45(50)40-42(48)38-36-34-32-30-28-26-24-20-18-16-14-12-10-8-6-4-2/h26,28,42-44,47-49H,3-25,27,29-41H2,1-2H3,(H,46,50)/b28-26-. The minimum atomic E-state index is -0.750. The Bertz CT molecular complexity index is 699. The third-order valence-electron chi connectivity index (χ3n) is 10.6. The largest absolute Gasteiger partial charge is 0.394 e. The third kappa shape index (κ3) is 36.9. The van der Waals surface area contributed by atoms with E-state index in [9.17, 15) is 20.1 Å². The van der Waals surface area contributed by atoms with Crippen LogP contribution < -0.4 is 5.32 Å². The molecule has 0 aromatic rings. The van der Waals surface area contributed by atoms with E-state index in [0.29, 0.717) is 12.8 Å². The Labute approximate surface area is 312 Å². The minimum absolute atomic E-state index is 0.0289. The van der Waals surface area contributed by atoms with Crippen LogP contribution in [0.5, 0.6) is 0 Å². The van der Waals surface area contributed by atoms with Crippen LogP contribution >= 0.6 is 0 Å². The summed E-state index contributed by atoms with van der Waals surface area (Å²) < 4.78 is 0. The summed E-state index contributed by atoms with van der Waals surface area (Å²) in [6.45, 7) is 4.27. The Morgan fingerprint density at radius 1 is 0.480 bits per heavy atom. The first kappa shape index (κ1) is 49.1. The second-order valence-corrected chi connectivity index (χ2v) is 15.7. The average Bonchev–Trinajstić information content (AvgIpc) is 3.11. The van der Waals surface area contributed by atoms with Crippen molar-refractivity contribution in [3.63, 3.8) is 0 Å². The fourth-order valence-electron chi connectivity index (χ4n) is 7.11. The SMILES string of the molecule is CCCCCCCCCCC/C=C\CCCCCC(O)CC(=O)NC(CO)C(O)CCCCCCCCCCCCCCCCCCCCC. The highest BCUT2D eigenvalue weighted by atomic mass is 16.3. The van der Waals surface area contributed by atoms with Crippen LogP contribution in [0.4, 0.5) is 0 Å². The van der Waals surface area contributed by atoms with Gasteiger partial charge in [-0.1, -0.05) is 212 Å². The van der Waals surface area contributed by atoms with Crippen molar-refractivity contribution in [2.45, 2.75) is 263 Å². The van der Waals surface area contributed by atoms with E-state index < -0.39 is 18.2 Å². The highest BCUT2D eigenvalue weighted by molar-refractivity contribution is 5.76. The number of amides is 1. The quantitative estimate of drug-likeness (QED) is 0.0376. The van der Waals surface area contributed by atoms with Gasteiger partial charge in [0.15, 0.2) is 0 Å². The normalized spacial score (nSPS) is 13.6. The molecule has 0 radical (unpaired) electrons. The molecular formula is C45H89NO4. The molecule has 4 N–H and O–H groups in total. The lowest BCUT2D eigenvalue weighted by atomic mass is 10.0. The van der Waals surface area contributed by atoms with E-state index in [1.807, 2.05) is 0 Å². The van der Waals surface area contributed by atoms with Crippen LogP contribution in [0, 0.1) is 0 Å². The van der Waals surface area contributed by atoms with Gasteiger partial charge in [-0.05, 0) is 38.5 Å². The van der Waals surface area contributed by atoms with Crippen molar-refractivity contribution in [2.75, 3.05) is 6.61 Å². The molecule has 0 bridgehead atoms. The molecule has 0 aliphatic carbocycles. The van der Waals surface area contributed by atoms with Gasteiger partial charge in [0.1, 0.15) is 0 Å². The number of aliphatic hydroxyl groups excluding tert-OH is 3. The smallest absolute Gasteiger partial charge is 0.222 e. The van der Waals surface area contributed by atoms with E-state index in [1.54, 1.807) is 0 Å². The molecule has 5 nitrogen and oxygen atoms in total. The van der Waals surface area contributed by atoms with E-state index in [2.05, 4.69) is 31.3 Å². The van der Waals surface area contributed by atoms with E-state index in [4.69, 9.17) is 0 Å². The molecule has 0 rings (SSSR count). The van der Waals surface area contributed by atoms with Crippen LogP contribution in [-0.2, 0) is 4.79 Å². The molecular weight excluding hydrogens is 618 g/mol. The second kappa shape index (κ2) is 40.9. The Kier molecular flexibility index (Phi) is 40.1. The highest BCUT2D eigenvalue weighted by Gasteiger charge is 2.21.